The van der Waals surface area contributed by atoms with Gasteiger partial charge in [0, 0.05) is 27.9 Å². The number of hydrogen-bond donors (Lipinski definition) is 1. The van der Waals surface area contributed by atoms with Gasteiger partial charge < -0.3 is 4.55 Å². The first-order chi connectivity index (χ1) is 12.0. The summed E-state index contributed by atoms with van der Waals surface area (Å²) in [6.07, 6.45) is 1.64. The molecule has 0 spiro atoms. The Morgan fingerprint density at radius 2 is 1.92 bits per heavy atom. The fraction of sp³-hybridized carbons (Fsp3) is 0.105. The third-order valence-corrected chi connectivity index (χ3v) is 4.86. The molecule has 0 radical (unpaired) electrons. The van der Waals surface area contributed by atoms with Crippen molar-refractivity contribution in [3.05, 3.63) is 76.7 Å². The molecule has 0 saturated heterocycles. The predicted molar refractivity (Wildman–Crippen MR) is 99.3 cm³/mol. The molecule has 0 aliphatic heterocycles. The van der Waals surface area contributed by atoms with Gasteiger partial charge in [-0.25, -0.2) is 8.60 Å². The summed E-state index contributed by atoms with van der Waals surface area (Å²) in [5.74, 6) is -0.771. The lowest BCUT2D eigenvalue weighted by atomic mass is 9.98. The number of aryl methyl sites for hydroxylation is 1. The summed E-state index contributed by atoms with van der Waals surface area (Å²) in [6.45, 7) is 1.93. The average Bonchev–Trinajstić information content (AvgIpc) is 2.59. The largest absolute Gasteiger partial charge is 0.306 e. The minimum absolute atomic E-state index is 0.195. The van der Waals surface area contributed by atoms with E-state index in [2.05, 4.69) is 4.98 Å². The molecule has 2 aromatic carbocycles. The normalized spacial score (nSPS) is 12.2. The summed E-state index contributed by atoms with van der Waals surface area (Å²) in [7, 11) is 0. The number of hydrogen-bond acceptors (Lipinski definition) is 2. The van der Waals surface area contributed by atoms with Crippen LogP contribution in [0.25, 0.3) is 22.4 Å². The SMILES string of the molecule is Cc1ccc(-c2cccnc2-c2ccc(CS(=O)O)c(F)c2)cc1Cl. The van der Waals surface area contributed by atoms with E-state index in [4.69, 9.17) is 16.2 Å². The second-order valence-electron chi connectivity index (χ2n) is 5.64. The Balaban J connectivity index is 2.08. The molecular formula is C19H15ClFNO2S. The number of halogens is 2. The quantitative estimate of drug-likeness (QED) is 0.634. The predicted octanol–water partition coefficient (Wildman–Crippen LogP) is 5.24. The molecule has 3 rings (SSSR count). The lowest BCUT2D eigenvalue weighted by molar-refractivity contribution is 0.559. The zero-order chi connectivity index (χ0) is 18.0. The highest BCUT2D eigenvalue weighted by molar-refractivity contribution is 7.78. The molecule has 3 aromatic rings. The van der Waals surface area contributed by atoms with E-state index < -0.39 is 16.9 Å². The van der Waals surface area contributed by atoms with Gasteiger partial charge in [-0.15, -0.1) is 0 Å². The van der Waals surface area contributed by atoms with Gasteiger partial charge in [0.15, 0.2) is 11.1 Å². The van der Waals surface area contributed by atoms with E-state index in [1.807, 2.05) is 37.3 Å². The van der Waals surface area contributed by atoms with E-state index in [0.29, 0.717) is 16.3 Å². The molecule has 1 atom stereocenters. The van der Waals surface area contributed by atoms with Crippen LogP contribution >= 0.6 is 11.6 Å². The maximum absolute atomic E-state index is 14.3. The zero-order valence-electron chi connectivity index (χ0n) is 13.4. The van der Waals surface area contributed by atoms with E-state index in [-0.39, 0.29) is 11.3 Å². The minimum Gasteiger partial charge on any atom is -0.306 e. The molecule has 1 unspecified atom stereocenters. The lowest BCUT2D eigenvalue weighted by Crippen LogP contribution is -1.98. The summed E-state index contributed by atoms with van der Waals surface area (Å²) in [4.78, 5) is 4.39. The first kappa shape index (κ1) is 17.7. The van der Waals surface area contributed by atoms with Gasteiger partial charge in [-0.3, -0.25) is 4.98 Å². The summed E-state index contributed by atoms with van der Waals surface area (Å²) < 4.78 is 34.1. The van der Waals surface area contributed by atoms with E-state index >= 15 is 0 Å². The number of aromatic nitrogens is 1. The summed E-state index contributed by atoms with van der Waals surface area (Å²) in [6, 6.07) is 14.0. The average molecular weight is 376 g/mol. The fourth-order valence-electron chi connectivity index (χ4n) is 2.57. The Bertz CT molecular complexity index is 962. The first-order valence-corrected chi connectivity index (χ1v) is 9.19. The fourth-order valence-corrected chi connectivity index (χ4v) is 3.25. The first-order valence-electron chi connectivity index (χ1n) is 7.53. The van der Waals surface area contributed by atoms with Crippen molar-refractivity contribution in [3.63, 3.8) is 0 Å². The number of pyridine rings is 1. The Morgan fingerprint density at radius 3 is 2.60 bits per heavy atom. The standard InChI is InChI=1S/C19H15ClFNO2S/c1-12-4-5-13(9-17(12)20)16-3-2-8-22-19(16)14-6-7-15(11-25(23)24)18(21)10-14/h2-10H,11H2,1H3,(H,23,24). The third-order valence-electron chi connectivity index (χ3n) is 3.90. The van der Waals surface area contributed by atoms with Gasteiger partial charge in [0.1, 0.15) is 5.82 Å². The van der Waals surface area contributed by atoms with Crippen LogP contribution < -0.4 is 0 Å². The molecule has 0 bridgehead atoms. The van der Waals surface area contributed by atoms with Crippen molar-refractivity contribution < 1.29 is 13.2 Å². The van der Waals surface area contributed by atoms with Crippen LogP contribution in [-0.4, -0.2) is 13.7 Å². The van der Waals surface area contributed by atoms with Crippen molar-refractivity contribution in [2.45, 2.75) is 12.7 Å². The van der Waals surface area contributed by atoms with Crippen LogP contribution in [0.15, 0.2) is 54.7 Å². The molecule has 0 fully saturated rings. The lowest BCUT2D eigenvalue weighted by Gasteiger charge is -2.11. The molecular weight excluding hydrogens is 361 g/mol. The molecule has 128 valence electrons. The van der Waals surface area contributed by atoms with Crippen LogP contribution in [0.4, 0.5) is 4.39 Å². The van der Waals surface area contributed by atoms with Crippen LogP contribution in [0.5, 0.6) is 0 Å². The molecule has 1 heterocycles. The molecule has 0 aliphatic rings. The Morgan fingerprint density at radius 1 is 1.16 bits per heavy atom. The van der Waals surface area contributed by atoms with Crippen LogP contribution in [0.3, 0.4) is 0 Å². The zero-order valence-corrected chi connectivity index (χ0v) is 14.9. The number of nitrogens with zero attached hydrogens (tertiary/aromatic N) is 1. The number of benzene rings is 2. The van der Waals surface area contributed by atoms with Gasteiger partial charge >= 0.3 is 0 Å². The summed E-state index contributed by atoms with van der Waals surface area (Å²) in [5, 5.41) is 0.652. The summed E-state index contributed by atoms with van der Waals surface area (Å²) in [5.41, 5.74) is 4.11. The minimum atomic E-state index is -2.09. The maximum atomic E-state index is 14.3. The van der Waals surface area contributed by atoms with Crippen LogP contribution in [-0.2, 0) is 16.8 Å². The molecule has 25 heavy (non-hydrogen) atoms. The molecule has 0 saturated carbocycles. The molecule has 1 aromatic heterocycles. The van der Waals surface area contributed by atoms with Crippen LogP contribution in [0.2, 0.25) is 5.02 Å². The van der Waals surface area contributed by atoms with Crippen LogP contribution in [0.1, 0.15) is 11.1 Å². The van der Waals surface area contributed by atoms with Crippen molar-refractivity contribution in [2.75, 3.05) is 0 Å². The highest BCUT2D eigenvalue weighted by Crippen LogP contribution is 2.33. The molecule has 0 aliphatic carbocycles. The van der Waals surface area contributed by atoms with Gasteiger partial charge in [-0.1, -0.05) is 41.9 Å². The molecule has 1 N–H and O–H groups in total. The Labute approximate surface area is 152 Å². The van der Waals surface area contributed by atoms with Gasteiger partial charge in [0.05, 0.1) is 11.4 Å². The second-order valence-corrected chi connectivity index (χ2v) is 6.97. The van der Waals surface area contributed by atoms with Gasteiger partial charge in [-0.05, 0) is 36.2 Å². The highest BCUT2D eigenvalue weighted by atomic mass is 35.5. The van der Waals surface area contributed by atoms with Crippen molar-refractivity contribution in [1.82, 2.24) is 4.98 Å². The van der Waals surface area contributed by atoms with Crippen molar-refractivity contribution in [3.8, 4) is 22.4 Å². The Kier molecular flexibility index (Phi) is 5.27. The van der Waals surface area contributed by atoms with E-state index in [9.17, 15) is 8.60 Å². The maximum Gasteiger partial charge on any atom is 0.157 e. The van der Waals surface area contributed by atoms with E-state index in [1.54, 1.807) is 12.3 Å². The van der Waals surface area contributed by atoms with Gasteiger partial charge in [-0.2, -0.15) is 0 Å². The smallest absolute Gasteiger partial charge is 0.157 e. The van der Waals surface area contributed by atoms with Crippen molar-refractivity contribution >= 4 is 22.7 Å². The Hall–Kier alpha value is -2.08. The topological polar surface area (TPSA) is 50.2 Å². The van der Waals surface area contributed by atoms with Gasteiger partial charge in [0.2, 0.25) is 0 Å². The second kappa shape index (κ2) is 7.44. The summed E-state index contributed by atoms with van der Waals surface area (Å²) >= 11 is 4.14. The van der Waals surface area contributed by atoms with E-state index in [0.717, 1.165) is 16.7 Å². The number of rotatable bonds is 4. The third kappa shape index (κ3) is 3.95. The van der Waals surface area contributed by atoms with Crippen LogP contribution in [0, 0.1) is 12.7 Å². The monoisotopic (exact) mass is 375 g/mol. The van der Waals surface area contributed by atoms with Gasteiger partial charge in [0.25, 0.3) is 0 Å². The molecule has 0 amide bonds. The highest BCUT2D eigenvalue weighted by Gasteiger charge is 2.13. The molecule has 3 nitrogen and oxygen atoms in total. The van der Waals surface area contributed by atoms with E-state index in [1.165, 1.54) is 12.1 Å². The molecule has 6 heteroatoms. The van der Waals surface area contributed by atoms with Crippen molar-refractivity contribution in [2.24, 2.45) is 0 Å². The van der Waals surface area contributed by atoms with Crippen molar-refractivity contribution in [1.29, 1.82) is 0 Å².